The lowest BCUT2D eigenvalue weighted by Gasteiger charge is -1.98. The van der Waals surface area contributed by atoms with Gasteiger partial charge in [0.2, 0.25) is 0 Å². The molecule has 0 aromatic heterocycles. The van der Waals surface area contributed by atoms with Gasteiger partial charge < -0.3 is 0 Å². The van der Waals surface area contributed by atoms with Crippen LogP contribution < -0.4 is 0 Å². The number of allylic oxidation sites excluding steroid dienone is 1. The average Bonchev–Trinajstić information content (AvgIpc) is 2.04. The van der Waals surface area contributed by atoms with Crippen molar-refractivity contribution in [3.05, 3.63) is 40.9 Å². The molecule has 13 heavy (non-hydrogen) atoms. The minimum atomic E-state index is 0.0156. The van der Waals surface area contributed by atoms with E-state index in [9.17, 15) is 4.79 Å². The first kappa shape index (κ1) is 10.5. The molecular weight excluding hydrogens is 251 g/mol. The molecular formula is C10H8BrClO. The summed E-state index contributed by atoms with van der Waals surface area (Å²) in [5, 5.41) is 0.687. The van der Waals surface area contributed by atoms with Gasteiger partial charge in [-0.1, -0.05) is 39.7 Å². The molecule has 0 saturated heterocycles. The van der Waals surface area contributed by atoms with Crippen molar-refractivity contribution in [3.8, 4) is 0 Å². The zero-order valence-corrected chi connectivity index (χ0v) is 9.39. The van der Waals surface area contributed by atoms with Crippen LogP contribution in [0.15, 0.2) is 30.3 Å². The highest BCUT2D eigenvalue weighted by Gasteiger charge is 1.98. The Morgan fingerprint density at radius 2 is 1.92 bits per heavy atom. The van der Waals surface area contributed by atoms with Crippen LogP contribution in [0, 0.1) is 0 Å². The number of carbonyl (C=O) groups excluding carboxylic acids is 1. The van der Waals surface area contributed by atoms with Crippen molar-refractivity contribution in [2.24, 2.45) is 0 Å². The smallest absolute Gasteiger partial charge is 0.153 e. The summed E-state index contributed by atoms with van der Waals surface area (Å²) in [5.41, 5.74) is 0.944. The Kier molecular flexibility index (Phi) is 3.70. The number of benzene rings is 1. The van der Waals surface area contributed by atoms with Crippen molar-refractivity contribution in [2.75, 3.05) is 0 Å². The molecule has 0 aliphatic carbocycles. The zero-order valence-electron chi connectivity index (χ0n) is 7.05. The lowest BCUT2D eigenvalue weighted by atomic mass is 10.2. The van der Waals surface area contributed by atoms with Crippen molar-refractivity contribution in [1.82, 2.24) is 0 Å². The third-order valence-corrected chi connectivity index (χ3v) is 2.39. The van der Waals surface area contributed by atoms with Crippen molar-refractivity contribution in [3.63, 3.8) is 0 Å². The summed E-state index contributed by atoms with van der Waals surface area (Å²) in [7, 11) is 0. The molecule has 0 aliphatic rings. The number of carbonyl (C=O) groups is 1. The van der Waals surface area contributed by atoms with Gasteiger partial charge in [-0.3, -0.25) is 4.79 Å². The number of halogens is 2. The van der Waals surface area contributed by atoms with Crippen LogP contribution in [0.3, 0.4) is 0 Å². The standard InChI is InChI=1S/C10H8BrClO/c1-7(13)6-10(11)8-2-4-9(12)5-3-8/h2-6H,1H3/b10-6+. The summed E-state index contributed by atoms with van der Waals surface area (Å²) < 4.78 is 0.775. The van der Waals surface area contributed by atoms with Gasteiger partial charge in [0.15, 0.2) is 5.78 Å². The SMILES string of the molecule is CC(=O)/C=C(/Br)c1ccc(Cl)cc1. The Bertz CT molecular complexity index is 340. The lowest BCUT2D eigenvalue weighted by Crippen LogP contribution is -1.83. The Morgan fingerprint density at radius 1 is 1.38 bits per heavy atom. The van der Waals surface area contributed by atoms with Crippen molar-refractivity contribution < 1.29 is 4.79 Å². The second-order valence-electron chi connectivity index (χ2n) is 2.61. The van der Waals surface area contributed by atoms with E-state index in [4.69, 9.17) is 11.6 Å². The van der Waals surface area contributed by atoms with E-state index in [0.717, 1.165) is 10.0 Å². The maximum atomic E-state index is 10.8. The van der Waals surface area contributed by atoms with E-state index in [1.54, 1.807) is 12.1 Å². The molecule has 68 valence electrons. The average molecular weight is 260 g/mol. The van der Waals surface area contributed by atoms with Crippen LogP contribution in [0.2, 0.25) is 5.02 Å². The Morgan fingerprint density at radius 3 is 2.38 bits per heavy atom. The molecule has 0 fully saturated rings. The molecule has 1 aromatic rings. The fourth-order valence-electron chi connectivity index (χ4n) is 0.871. The van der Waals surface area contributed by atoms with Crippen molar-refractivity contribution in [1.29, 1.82) is 0 Å². The van der Waals surface area contributed by atoms with Gasteiger partial charge in [0.1, 0.15) is 0 Å². The summed E-state index contributed by atoms with van der Waals surface area (Å²) in [6.45, 7) is 1.51. The summed E-state index contributed by atoms with van der Waals surface area (Å²) in [4.78, 5) is 10.8. The van der Waals surface area contributed by atoms with Crippen LogP contribution in [0.25, 0.3) is 4.48 Å². The van der Waals surface area contributed by atoms with Crippen molar-refractivity contribution >= 4 is 37.8 Å². The van der Waals surface area contributed by atoms with Crippen LogP contribution in [-0.2, 0) is 4.79 Å². The van der Waals surface area contributed by atoms with Gasteiger partial charge in [-0.25, -0.2) is 0 Å². The van der Waals surface area contributed by atoms with E-state index >= 15 is 0 Å². The van der Waals surface area contributed by atoms with E-state index in [1.165, 1.54) is 13.0 Å². The van der Waals surface area contributed by atoms with Gasteiger partial charge in [-0.05, 0) is 30.7 Å². The van der Waals surface area contributed by atoms with Crippen LogP contribution in [-0.4, -0.2) is 5.78 Å². The third-order valence-electron chi connectivity index (χ3n) is 1.45. The van der Waals surface area contributed by atoms with Gasteiger partial charge >= 0.3 is 0 Å². The van der Waals surface area contributed by atoms with Crippen LogP contribution >= 0.6 is 27.5 Å². The predicted molar refractivity (Wildman–Crippen MR) is 59.0 cm³/mol. The van der Waals surface area contributed by atoms with Crippen LogP contribution in [0.4, 0.5) is 0 Å². The molecule has 0 heterocycles. The molecule has 0 aliphatic heterocycles. The Hall–Kier alpha value is -0.600. The number of ketones is 1. The molecule has 1 rings (SSSR count). The fraction of sp³-hybridized carbons (Fsp3) is 0.100. The van der Waals surface area contributed by atoms with E-state index < -0.39 is 0 Å². The first-order valence-electron chi connectivity index (χ1n) is 3.73. The quantitative estimate of drug-likeness (QED) is 0.741. The van der Waals surface area contributed by atoms with Crippen LogP contribution in [0.5, 0.6) is 0 Å². The van der Waals surface area contributed by atoms with Gasteiger partial charge in [0, 0.05) is 9.51 Å². The highest BCUT2D eigenvalue weighted by Crippen LogP contribution is 2.22. The number of hydrogen-bond donors (Lipinski definition) is 0. The maximum absolute atomic E-state index is 10.8. The molecule has 0 unspecified atom stereocenters. The summed E-state index contributed by atoms with van der Waals surface area (Å²) >= 11 is 9.03. The number of rotatable bonds is 2. The topological polar surface area (TPSA) is 17.1 Å². The molecule has 0 atom stereocenters. The largest absolute Gasteiger partial charge is 0.295 e. The monoisotopic (exact) mass is 258 g/mol. The molecule has 1 nitrogen and oxygen atoms in total. The Balaban J connectivity index is 2.96. The molecule has 0 saturated carbocycles. The molecule has 3 heteroatoms. The molecule has 0 N–H and O–H groups in total. The molecule has 0 amide bonds. The second-order valence-corrected chi connectivity index (χ2v) is 3.90. The first-order valence-corrected chi connectivity index (χ1v) is 4.90. The molecule has 1 aromatic carbocycles. The highest BCUT2D eigenvalue weighted by atomic mass is 79.9. The summed E-state index contributed by atoms with van der Waals surface area (Å²) in [6.07, 6.45) is 1.53. The summed E-state index contributed by atoms with van der Waals surface area (Å²) in [5.74, 6) is 0.0156. The lowest BCUT2D eigenvalue weighted by molar-refractivity contribution is -0.112. The van der Waals surface area contributed by atoms with Gasteiger partial charge in [0.05, 0.1) is 0 Å². The zero-order chi connectivity index (χ0) is 9.84. The fourth-order valence-corrected chi connectivity index (χ4v) is 1.58. The minimum absolute atomic E-state index is 0.0156. The van der Waals surface area contributed by atoms with Crippen molar-refractivity contribution in [2.45, 2.75) is 6.92 Å². The minimum Gasteiger partial charge on any atom is -0.295 e. The molecule has 0 spiro atoms. The molecule has 0 radical (unpaired) electrons. The van der Waals surface area contributed by atoms with E-state index in [-0.39, 0.29) is 5.78 Å². The maximum Gasteiger partial charge on any atom is 0.153 e. The molecule has 0 bridgehead atoms. The van der Waals surface area contributed by atoms with Gasteiger partial charge in [0.25, 0.3) is 0 Å². The normalized spacial score (nSPS) is 11.5. The Labute approximate surface area is 90.5 Å². The van der Waals surface area contributed by atoms with E-state index in [2.05, 4.69) is 15.9 Å². The predicted octanol–water partition coefficient (Wildman–Crippen LogP) is 3.66. The van der Waals surface area contributed by atoms with E-state index in [0.29, 0.717) is 5.02 Å². The summed E-state index contributed by atoms with van der Waals surface area (Å²) in [6, 6.07) is 7.27. The van der Waals surface area contributed by atoms with Gasteiger partial charge in [-0.2, -0.15) is 0 Å². The van der Waals surface area contributed by atoms with E-state index in [1.807, 2.05) is 12.1 Å². The van der Waals surface area contributed by atoms with Gasteiger partial charge in [-0.15, -0.1) is 0 Å². The highest BCUT2D eigenvalue weighted by molar-refractivity contribution is 9.15. The number of hydrogen-bond acceptors (Lipinski definition) is 1. The second kappa shape index (κ2) is 4.58. The first-order chi connectivity index (χ1) is 6.09. The third kappa shape index (κ3) is 3.33. The van der Waals surface area contributed by atoms with Crippen LogP contribution in [0.1, 0.15) is 12.5 Å².